The van der Waals surface area contributed by atoms with E-state index in [0.717, 1.165) is 42.9 Å². The highest BCUT2D eigenvalue weighted by Crippen LogP contribution is 2.21. The van der Waals surface area contributed by atoms with E-state index in [-0.39, 0.29) is 29.9 Å². The molecule has 2 rings (SSSR count). The molecule has 130 valence electrons. The van der Waals surface area contributed by atoms with Crippen LogP contribution >= 0.6 is 51.2 Å². The van der Waals surface area contributed by atoms with Crippen molar-refractivity contribution in [2.24, 2.45) is 10.9 Å². The molecule has 0 unspecified atom stereocenters. The van der Waals surface area contributed by atoms with Gasteiger partial charge in [0.05, 0.1) is 6.54 Å². The lowest BCUT2D eigenvalue weighted by Crippen LogP contribution is -2.45. The molecular weight excluding hydrogens is 491 g/mol. The van der Waals surface area contributed by atoms with Gasteiger partial charge in [-0.05, 0) is 40.8 Å². The summed E-state index contributed by atoms with van der Waals surface area (Å²) in [5.41, 5.74) is 0. The van der Waals surface area contributed by atoms with E-state index in [2.05, 4.69) is 47.9 Å². The van der Waals surface area contributed by atoms with E-state index in [4.69, 9.17) is 0 Å². The summed E-state index contributed by atoms with van der Waals surface area (Å²) in [4.78, 5) is 19.4. The second kappa shape index (κ2) is 10.5. The third-order valence-corrected chi connectivity index (χ3v) is 5.62. The van der Waals surface area contributed by atoms with Gasteiger partial charge in [0.15, 0.2) is 5.96 Å². The summed E-state index contributed by atoms with van der Waals surface area (Å²) in [6.45, 7) is 2.70. The van der Waals surface area contributed by atoms with E-state index in [1.54, 1.807) is 18.4 Å². The summed E-state index contributed by atoms with van der Waals surface area (Å²) in [5, 5.41) is 8.22. The third-order valence-electron chi connectivity index (χ3n) is 3.92. The molecule has 1 aliphatic rings. The van der Waals surface area contributed by atoms with Gasteiger partial charge < -0.3 is 15.5 Å². The highest BCUT2D eigenvalue weighted by Gasteiger charge is 2.22. The number of carbonyl (C=O) groups is 1. The Hall–Kier alpha value is -0.350. The van der Waals surface area contributed by atoms with Crippen LogP contribution in [0.1, 0.15) is 24.1 Å². The smallest absolute Gasteiger partial charge is 0.220 e. The minimum atomic E-state index is 0. The van der Waals surface area contributed by atoms with Gasteiger partial charge in [-0.1, -0.05) is 0 Å². The molecule has 0 saturated carbocycles. The Morgan fingerprint density at radius 2 is 2.17 bits per heavy atom. The number of rotatable bonds is 4. The molecular formula is C15H24BrIN4OS. The minimum Gasteiger partial charge on any atom is -0.359 e. The number of piperidine rings is 1. The Balaban J connectivity index is 0.00000264. The van der Waals surface area contributed by atoms with Gasteiger partial charge in [-0.3, -0.25) is 9.79 Å². The van der Waals surface area contributed by atoms with E-state index in [1.807, 2.05) is 7.05 Å². The Morgan fingerprint density at radius 3 is 2.70 bits per heavy atom. The molecule has 5 nitrogen and oxygen atoms in total. The summed E-state index contributed by atoms with van der Waals surface area (Å²) < 4.78 is 1.12. The van der Waals surface area contributed by atoms with Crippen LogP contribution in [0.5, 0.6) is 0 Å². The molecule has 0 aromatic carbocycles. The number of aliphatic imine (C=N–C) groups is 1. The molecule has 0 spiro atoms. The molecule has 0 radical (unpaired) electrons. The number of halogens is 2. The van der Waals surface area contributed by atoms with Crippen molar-refractivity contribution in [3.63, 3.8) is 0 Å². The molecule has 8 heteroatoms. The maximum absolute atomic E-state index is 11.4. The van der Waals surface area contributed by atoms with Crippen molar-refractivity contribution < 1.29 is 4.79 Å². The van der Waals surface area contributed by atoms with Crippen LogP contribution in [0, 0.1) is 5.92 Å². The monoisotopic (exact) mass is 514 g/mol. The first-order valence-electron chi connectivity index (χ1n) is 7.51. The van der Waals surface area contributed by atoms with E-state index in [1.165, 1.54) is 4.88 Å². The largest absolute Gasteiger partial charge is 0.359 e. The summed E-state index contributed by atoms with van der Waals surface area (Å²) in [7, 11) is 3.52. The Kier molecular flexibility index (Phi) is 9.45. The fourth-order valence-electron chi connectivity index (χ4n) is 2.66. The SMILES string of the molecule is CN=C(NCc1cc(Br)cs1)N1CCC(CC(=O)NC)CC1.I. The Bertz CT molecular complexity index is 529. The van der Waals surface area contributed by atoms with Crippen LogP contribution in [0.25, 0.3) is 0 Å². The van der Waals surface area contributed by atoms with E-state index in [0.29, 0.717) is 12.3 Å². The molecule has 23 heavy (non-hydrogen) atoms. The minimum absolute atomic E-state index is 0. The van der Waals surface area contributed by atoms with Gasteiger partial charge >= 0.3 is 0 Å². The van der Waals surface area contributed by atoms with Gasteiger partial charge in [0.2, 0.25) is 5.91 Å². The van der Waals surface area contributed by atoms with Crippen molar-refractivity contribution >= 4 is 63.1 Å². The first-order chi connectivity index (χ1) is 10.6. The fourth-order valence-corrected chi connectivity index (χ4v) is 4.05. The number of likely N-dealkylation sites (tertiary alicyclic amines) is 1. The lowest BCUT2D eigenvalue weighted by molar-refractivity contribution is -0.121. The molecule has 0 atom stereocenters. The van der Waals surface area contributed by atoms with Gasteiger partial charge in [-0.15, -0.1) is 35.3 Å². The van der Waals surface area contributed by atoms with Crippen LogP contribution < -0.4 is 10.6 Å². The van der Waals surface area contributed by atoms with Crippen LogP contribution in [0.15, 0.2) is 20.9 Å². The van der Waals surface area contributed by atoms with Crippen molar-refractivity contribution in [1.82, 2.24) is 15.5 Å². The topological polar surface area (TPSA) is 56.7 Å². The van der Waals surface area contributed by atoms with Crippen LogP contribution in [0.2, 0.25) is 0 Å². The van der Waals surface area contributed by atoms with Gasteiger partial charge in [-0.2, -0.15) is 0 Å². The lowest BCUT2D eigenvalue weighted by Gasteiger charge is -2.34. The predicted molar refractivity (Wildman–Crippen MR) is 111 cm³/mol. The number of amides is 1. The number of guanidine groups is 1. The normalized spacial score (nSPS) is 16.0. The summed E-state index contributed by atoms with van der Waals surface area (Å²) in [6.07, 6.45) is 2.72. The molecule has 2 heterocycles. The fraction of sp³-hybridized carbons (Fsp3) is 0.600. The van der Waals surface area contributed by atoms with Crippen molar-refractivity contribution in [1.29, 1.82) is 0 Å². The van der Waals surface area contributed by atoms with Crippen LogP contribution in [0.3, 0.4) is 0 Å². The Morgan fingerprint density at radius 1 is 1.48 bits per heavy atom. The van der Waals surface area contributed by atoms with E-state index in [9.17, 15) is 4.79 Å². The van der Waals surface area contributed by atoms with Crippen LogP contribution in [-0.2, 0) is 11.3 Å². The number of hydrogen-bond donors (Lipinski definition) is 2. The number of carbonyl (C=O) groups excluding carboxylic acids is 1. The first kappa shape index (κ1) is 20.7. The van der Waals surface area contributed by atoms with E-state index >= 15 is 0 Å². The van der Waals surface area contributed by atoms with Crippen LogP contribution in [-0.4, -0.2) is 44.0 Å². The second-order valence-electron chi connectivity index (χ2n) is 5.44. The van der Waals surface area contributed by atoms with Crippen LogP contribution in [0.4, 0.5) is 0 Å². The van der Waals surface area contributed by atoms with Crippen molar-refractivity contribution in [2.75, 3.05) is 27.2 Å². The van der Waals surface area contributed by atoms with Crippen molar-refractivity contribution in [3.05, 3.63) is 20.8 Å². The standard InChI is InChI=1S/C15H23BrN4OS.HI/c1-17-14(21)7-11-3-5-20(6-4-11)15(18-2)19-9-13-8-12(16)10-22-13;/h8,10-11H,3-7,9H2,1-2H3,(H,17,21)(H,18,19);1H. The highest BCUT2D eigenvalue weighted by molar-refractivity contribution is 14.0. The summed E-state index contributed by atoms with van der Waals surface area (Å²) >= 11 is 5.21. The molecule has 1 aromatic rings. The number of hydrogen-bond acceptors (Lipinski definition) is 3. The highest BCUT2D eigenvalue weighted by atomic mass is 127. The molecule has 1 aromatic heterocycles. The van der Waals surface area contributed by atoms with Gasteiger partial charge in [0, 0.05) is 48.3 Å². The maximum atomic E-state index is 11.4. The lowest BCUT2D eigenvalue weighted by atomic mass is 9.93. The first-order valence-corrected chi connectivity index (χ1v) is 9.18. The molecule has 1 fully saturated rings. The maximum Gasteiger partial charge on any atom is 0.220 e. The molecule has 1 amide bonds. The summed E-state index contributed by atoms with van der Waals surface area (Å²) in [5.74, 6) is 1.58. The third kappa shape index (κ3) is 6.58. The number of thiophene rings is 1. The van der Waals surface area contributed by atoms with Gasteiger partial charge in [0.25, 0.3) is 0 Å². The zero-order chi connectivity index (χ0) is 15.9. The van der Waals surface area contributed by atoms with E-state index < -0.39 is 0 Å². The van der Waals surface area contributed by atoms with Crippen molar-refractivity contribution in [3.8, 4) is 0 Å². The average Bonchev–Trinajstić information content (AvgIpc) is 2.95. The number of nitrogens with one attached hydrogen (secondary N) is 2. The molecule has 1 aliphatic heterocycles. The molecule has 2 N–H and O–H groups in total. The predicted octanol–water partition coefficient (Wildman–Crippen LogP) is 3.05. The molecule has 1 saturated heterocycles. The Labute approximate surface area is 167 Å². The molecule has 0 bridgehead atoms. The number of nitrogens with zero attached hydrogens (tertiary/aromatic N) is 2. The average molecular weight is 515 g/mol. The zero-order valence-corrected chi connectivity index (χ0v) is 18.2. The second-order valence-corrected chi connectivity index (χ2v) is 7.35. The zero-order valence-electron chi connectivity index (χ0n) is 13.5. The molecule has 0 aliphatic carbocycles. The van der Waals surface area contributed by atoms with Gasteiger partial charge in [-0.25, -0.2) is 0 Å². The summed E-state index contributed by atoms with van der Waals surface area (Å²) in [6, 6.07) is 2.13. The quantitative estimate of drug-likeness (QED) is 0.369. The van der Waals surface area contributed by atoms with Crippen molar-refractivity contribution in [2.45, 2.75) is 25.8 Å². The van der Waals surface area contributed by atoms with Gasteiger partial charge in [0.1, 0.15) is 0 Å².